The third-order valence-corrected chi connectivity index (χ3v) is 9.26. The number of aliphatic hydroxyl groups excluding tert-OH is 2. The topological polar surface area (TPSA) is 66.8 Å². The standard InChI is InChI=1S/C26H34O4/c1-25-13-12-22-20(8-7-18-15-19(28)11-14-26(18,22)16-27)21(25)9-10-23(25)30-24(29)17-5-3-2-4-6-17/h2-7,19-23,27-28H,8-16H2,1H3/t19-,20+,21+,22+,23-,25+,26+/m0/s1. The number of benzene rings is 1. The molecular formula is C26H34O4. The molecule has 0 amide bonds. The maximum Gasteiger partial charge on any atom is 0.338 e. The summed E-state index contributed by atoms with van der Waals surface area (Å²) in [5.41, 5.74) is 1.81. The van der Waals surface area contributed by atoms with Crippen molar-refractivity contribution in [1.82, 2.24) is 0 Å². The molecule has 0 unspecified atom stereocenters. The number of rotatable bonds is 3. The normalized spacial score (nSPS) is 42.5. The van der Waals surface area contributed by atoms with Gasteiger partial charge in [0, 0.05) is 10.8 Å². The zero-order valence-electron chi connectivity index (χ0n) is 17.9. The fourth-order valence-corrected chi connectivity index (χ4v) is 7.65. The van der Waals surface area contributed by atoms with Crippen LogP contribution in [0, 0.1) is 28.6 Å². The molecule has 4 aliphatic carbocycles. The zero-order chi connectivity index (χ0) is 20.9. The number of aliphatic hydroxyl groups is 2. The Kier molecular flexibility index (Phi) is 5.06. The van der Waals surface area contributed by atoms with Crippen molar-refractivity contribution in [3.05, 3.63) is 47.5 Å². The van der Waals surface area contributed by atoms with Crippen molar-refractivity contribution in [3.63, 3.8) is 0 Å². The smallest absolute Gasteiger partial charge is 0.338 e. The molecule has 1 aromatic rings. The largest absolute Gasteiger partial charge is 0.458 e. The van der Waals surface area contributed by atoms with Crippen LogP contribution in [-0.4, -0.2) is 35.0 Å². The third kappa shape index (κ3) is 2.98. The van der Waals surface area contributed by atoms with Crippen molar-refractivity contribution < 1.29 is 19.7 Å². The van der Waals surface area contributed by atoms with Crippen molar-refractivity contribution in [1.29, 1.82) is 0 Å². The minimum Gasteiger partial charge on any atom is -0.458 e. The molecule has 0 heterocycles. The molecule has 5 rings (SSSR count). The summed E-state index contributed by atoms with van der Waals surface area (Å²) in [6, 6.07) is 9.32. The first-order valence-electron chi connectivity index (χ1n) is 11.7. The lowest BCUT2D eigenvalue weighted by atomic mass is 9.47. The van der Waals surface area contributed by atoms with E-state index < -0.39 is 0 Å². The Labute approximate surface area is 179 Å². The lowest BCUT2D eigenvalue weighted by Gasteiger charge is -2.58. The Balaban J connectivity index is 1.38. The summed E-state index contributed by atoms with van der Waals surface area (Å²) in [7, 11) is 0. The van der Waals surface area contributed by atoms with Gasteiger partial charge in [-0.1, -0.05) is 36.8 Å². The van der Waals surface area contributed by atoms with E-state index in [0.29, 0.717) is 23.3 Å². The molecule has 0 aromatic heterocycles. The lowest BCUT2D eigenvalue weighted by molar-refractivity contribution is -0.0927. The van der Waals surface area contributed by atoms with Crippen LogP contribution in [0.25, 0.3) is 0 Å². The van der Waals surface area contributed by atoms with Crippen LogP contribution >= 0.6 is 0 Å². The predicted octanol–water partition coefficient (Wildman–Crippen LogP) is 4.51. The fraction of sp³-hybridized carbons (Fsp3) is 0.654. The molecule has 0 bridgehead atoms. The molecule has 162 valence electrons. The molecule has 1 aromatic carbocycles. The highest BCUT2D eigenvalue weighted by Gasteiger charge is 2.60. The Bertz CT molecular complexity index is 833. The molecule has 4 heteroatoms. The number of ether oxygens (including phenoxy) is 1. The van der Waals surface area contributed by atoms with Gasteiger partial charge in [0.15, 0.2) is 0 Å². The van der Waals surface area contributed by atoms with Crippen LogP contribution in [0.4, 0.5) is 0 Å². The van der Waals surface area contributed by atoms with E-state index in [9.17, 15) is 15.0 Å². The van der Waals surface area contributed by atoms with E-state index in [4.69, 9.17) is 4.74 Å². The molecule has 2 N–H and O–H groups in total. The molecule has 0 saturated heterocycles. The Hall–Kier alpha value is -1.65. The highest BCUT2D eigenvalue weighted by molar-refractivity contribution is 5.89. The fourth-order valence-electron chi connectivity index (χ4n) is 7.65. The maximum absolute atomic E-state index is 12.7. The van der Waals surface area contributed by atoms with Gasteiger partial charge in [-0.15, -0.1) is 0 Å². The molecule has 4 aliphatic rings. The second-order valence-corrected chi connectivity index (χ2v) is 10.4. The molecule has 3 saturated carbocycles. The first-order chi connectivity index (χ1) is 14.5. The van der Waals surface area contributed by atoms with Crippen molar-refractivity contribution in [3.8, 4) is 0 Å². The van der Waals surface area contributed by atoms with Gasteiger partial charge in [0.1, 0.15) is 6.10 Å². The number of carbonyl (C=O) groups is 1. The minimum absolute atomic E-state index is 0.0157. The molecule has 4 nitrogen and oxygen atoms in total. The number of hydrogen-bond acceptors (Lipinski definition) is 4. The Morgan fingerprint density at radius 1 is 1.10 bits per heavy atom. The van der Waals surface area contributed by atoms with Gasteiger partial charge in [0.25, 0.3) is 0 Å². The number of allylic oxidation sites excluding steroid dienone is 1. The minimum atomic E-state index is -0.255. The highest BCUT2D eigenvalue weighted by Crippen LogP contribution is 2.65. The van der Waals surface area contributed by atoms with Gasteiger partial charge in [-0.25, -0.2) is 4.79 Å². The van der Waals surface area contributed by atoms with Crippen molar-refractivity contribution in [2.24, 2.45) is 28.6 Å². The van der Waals surface area contributed by atoms with Crippen molar-refractivity contribution in [2.75, 3.05) is 6.61 Å². The van der Waals surface area contributed by atoms with Crippen LogP contribution in [0.3, 0.4) is 0 Å². The summed E-state index contributed by atoms with van der Waals surface area (Å²) >= 11 is 0. The van der Waals surface area contributed by atoms with Gasteiger partial charge in [0.2, 0.25) is 0 Å². The monoisotopic (exact) mass is 410 g/mol. The van der Waals surface area contributed by atoms with Gasteiger partial charge in [-0.2, -0.15) is 0 Å². The highest BCUT2D eigenvalue weighted by atomic mass is 16.5. The second-order valence-electron chi connectivity index (χ2n) is 10.4. The van der Waals surface area contributed by atoms with E-state index in [-0.39, 0.29) is 35.6 Å². The number of fused-ring (bicyclic) bond motifs is 5. The first-order valence-corrected chi connectivity index (χ1v) is 11.7. The lowest BCUT2D eigenvalue weighted by Crippen LogP contribution is -2.53. The molecular weight excluding hydrogens is 376 g/mol. The predicted molar refractivity (Wildman–Crippen MR) is 115 cm³/mol. The van der Waals surface area contributed by atoms with Crippen molar-refractivity contribution in [2.45, 2.75) is 70.5 Å². The summed E-state index contributed by atoms with van der Waals surface area (Å²) in [5, 5.41) is 20.7. The average molecular weight is 411 g/mol. The van der Waals surface area contributed by atoms with E-state index in [1.165, 1.54) is 5.57 Å². The van der Waals surface area contributed by atoms with Gasteiger partial charge in [-0.3, -0.25) is 0 Å². The number of hydrogen-bond donors (Lipinski definition) is 2. The maximum atomic E-state index is 12.7. The van der Waals surface area contributed by atoms with E-state index in [1.54, 1.807) is 0 Å². The summed E-state index contributed by atoms with van der Waals surface area (Å²) < 4.78 is 6.08. The van der Waals surface area contributed by atoms with E-state index >= 15 is 0 Å². The molecule has 30 heavy (non-hydrogen) atoms. The Morgan fingerprint density at radius 3 is 2.67 bits per heavy atom. The van der Waals surface area contributed by atoms with Crippen LogP contribution < -0.4 is 0 Å². The molecule has 3 fully saturated rings. The molecule has 0 radical (unpaired) electrons. The van der Waals surface area contributed by atoms with Crippen LogP contribution in [-0.2, 0) is 4.74 Å². The molecule has 0 spiro atoms. The summed E-state index contributed by atoms with van der Waals surface area (Å²) in [5.74, 6) is 1.34. The summed E-state index contributed by atoms with van der Waals surface area (Å²) in [4.78, 5) is 12.7. The van der Waals surface area contributed by atoms with Crippen LogP contribution in [0.15, 0.2) is 42.0 Å². The van der Waals surface area contributed by atoms with Gasteiger partial charge >= 0.3 is 5.97 Å². The van der Waals surface area contributed by atoms with Gasteiger partial charge < -0.3 is 14.9 Å². The Morgan fingerprint density at radius 2 is 1.90 bits per heavy atom. The zero-order valence-corrected chi connectivity index (χ0v) is 17.9. The summed E-state index contributed by atoms with van der Waals surface area (Å²) in [6.45, 7) is 2.53. The van der Waals surface area contributed by atoms with Crippen LogP contribution in [0.5, 0.6) is 0 Å². The second kappa shape index (κ2) is 7.49. The van der Waals surface area contributed by atoms with Gasteiger partial charge in [0.05, 0.1) is 18.3 Å². The summed E-state index contributed by atoms with van der Waals surface area (Å²) in [6.07, 6.45) is 9.66. The van der Waals surface area contributed by atoms with E-state index in [1.807, 2.05) is 30.3 Å². The van der Waals surface area contributed by atoms with Gasteiger partial charge in [-0.05, 0) is 81.3 Å². The number of carbonyl (C=O) groups excluding carboxylic acids is 1. The SMILES string of the molecule is C[C@@]12CC[C@@H]3[C@H](CC=C4C[C@@H](O)CC[C@@]43CO)[C@H]1CC[C@@H]2OC(=O)c1ccccc1. The third-order valence-electron chi connectivity index (χ3n) is 9.26. The number of esters is 1. The first kappa shape index (κ1) is 20.3. The quantitative estimate of drug-likeness (QED) is 0.568. The van der Waals surface area contributed by atoms with Crippen LogP contribution in [0.2, 0.25) is 0 Å². The van der Waals surface area contributed by atoms with Crippen LogP contribution in [0.1, 0.15) is 68.6 Å². The van der Waals surface area contributed by atoms with E-state index in [2.05, 4.69) is 13.0 Å². The van der Waals surface area contributed by atoms with Crippen molar-refractivity contribution >= 4 is 5.97 Å². The molecule has 0 aliphatic heterocycles. The average Bonchev–Trinajstić information content (AvgIpc) is 3.10. The van der Waals surface area contributed by atoms with E-state index in [0.717, 1.165) is 51.4 Å². The molecule has 7 atom stereocenters.